The van der Waals surface area contributed by atoms with Crippen molar-refractivity contribution in [1.82, 2.24) is 4.31 Å². The number of nitrogens with zero attached hydrogens (tertiary/aromatic N) is 1. The van der Waals surface area contributed by atoms with Crippen LogP contribution >= 0.6 is 11.9 Å². The maximum Gasteiger partial charge on any atom is 0.275 e. The molecule has 2 aliphatic rings. The van der Waals surface area contributed by atoms with Gasteiger partial charge in [0, 0.05) is 37.7 Å². The first-order valence-electron chi connectivity index (χ1n) is 8.02. The summed E-state index contributed by atoms with van der Waals surface area (Å²) in [5, 5.41) is 0. The molecule has 4 rings (SSSR count). The van der Waals surface area contributed by atoms with Gasteiger partial charge < -0.3 is 14.2 Å². The quantitative estimate of drug-likeness (QED) is 0.769. The smallest absolute Gasteiger partial charge is 0.275 e. The van der Waals surface area contributed by atoms with Gasteiger partial charge in [-0.3, -0.25) is 0 Å². The number of benzene rings is 2. The van der Waals surface area contributed by atoms with Crippen LogP contribution < -0.4 is 9.47 Å². The molecule has 2 aromatic carbocycles. The van der Waals surface area contributed by atoms with Crippen LogP contribution in [0.25, 0.3) is 0 Å². The lowest BCUT2D eigenvalue weighted by atomic mass is 10.1. The minimum Gasteiger partial charge on any atom is -0.444 e. The number of rotatable bonds is 3. The minimum absolute atomic E-state index is 0.335. The van der Waals surface area contributed by atoms with Gasteiger partial charge in [0.05, 0.1) is 18.1 Å². The summed E-state index contributed by atoms with van der Waals surface area (Å²) in [6.07, 6.45) is 0. The molecule has 0 N–H and O–H groups in total. The van der Waals surface area contributed by atoms with Crippen LogP contribution in [0.4, 0.5) is 8.78 Å². The summed E-state index contributed by atoms with van der Waals surface area (Å²) in [7, 11) is 0. The van der Waals surface area contributed by atoms with Crippen LogP contribution in [-0.2, 0) is 10.5 Å². The maximum absolute atomic E-state index is 14.4. The summed E-state index contributed by atoms with van der Waals surface area (Å²) in [5.41, 5.74) is 0.660. The predicted octanol–water partition coefficient (Wildman–Crippen LogP) is 3.95. The van der Waals surface area contributed by atoms with Crippen LogP contribution in [-0.4, -0.2) is 30.6 Å². The van der Waals surface area contributed by atoms with Crippen LogP contribution in [0.2, 0.25) is 0 Å². The Hall–Kier alpha value is -1.83. The molecular formula is C18H17F2NO3S. The number of halogens is 2. The zero-order chi connectivity index (χ0) is 17.4. The van der Waals surface area contributed by atoms with Gasteiger partial charge in [-0.15, -0.1) is 0 Å². The Kier molecular flexibility index (Phi) is 4.31. The summed E-state index contributed by atoms with van der Waals surface area (Å²) < 4.78 is 46.7. The fraction of sp³-hybridized carbons (Fsp3) is 0.333. The van der Waals surface area contributed by atoms with Crippen molar-refractivity contribution in [2.75, 3.05) is 26.3 Å². The molecule has 132 valence electrons. The van der Waals surface area contributed by atoms with Crippen molar-refractivity contribution < 1.29 is 23.0 Å². The van der Waals surface area contributed by atoms with Gasteiger partial charge in [-0.1, -0.05) is 0 Å². The summed E-state index contributed by atoms with van der Waals surface area (Å²) in [6, 6.07) is 8.88. The van der Waals surface area contributed by atoms with Crippen molar-refractivity contribution in [3.05, 3.63) is 53.6 Å². The standard InChI is InChI=1S/C18H17F2NO3S/c1-18(12-2-4-13(19)5-3-12)23-15-10-14(20)17(11-16(15)24-18)25-21-6-8-22-9-7-21/h2-5,10-11H,6-9H2,1H3. The van der Waals surface area contributed by atoms with Gasteiger partial charge in [-0.2, -0.15) is 0 Å². The summed E-state index contributed by atoms with van der Waals surface area (Å²) in [6.45, 7) is 4.49. The SMILES string of the molecule is CC1(c2ccc(F)cc2)Oc2cc(F)c(SN3CCOCC3)cc2O1. The number of hydrogen-bond acceptors (Lipinski definition) is 5. The zero-order valence-electron chi connectivity index (χ0n) is 13.6. The molecule has 1 unspecified atom stereocenters. The molecule has 7 heteroatoms. The fourth-order valence-corrected chi connectivity index (χ4v) is 3.75. The molecule has 1 atom stereocenters. The number of hydrogen-bond donors (Lipinski definition) is 0. The van der Waals surface area contributed by atoms with E-state index in [4.69, 9.17) is 14.2 Å². The lowest BCUT2D eigenvalue weighted by molar-refractivity contribution is -0.0681. The fourth-order valence-electron chi connectivity index (χ4n) is 2.83. The van der Waals surface area contributed by atoms with Crippen LogP contribution in [0.1, 0.15) is 12.5 Å². The average Bonchev–Trinajstić information content (AvgIpc) is 2.93. The van der Waals surface area contributed by atoms with Crippen molar-refractivity contribution in [2.45, 2.75) is 17.6 Å². The highest BCUT2D eigenvalue weighted by Crippen LogP contribution is 2.46. The second-order valence-corrected chi connectivity index (χ2v) is 7.16. The van der Waals surface area contributed by atoms with E-state index in [0.717, 1.165) is 13.1 Å². The molecule has 0 bridgehead atoms. The monoisotopic (exact) mass is 365 g/mol. The Morgan fingerprint density at radius 1 is 1.00 bits per heavy atom. The highest BCUT2D eigenvalue weighted by Gasteiger charge is 2.39. The highest BCUT2D eigenvalue weighted by molar-refractivity contribution is 7.97. The first-order chi connectivity index (χ1) is 12.0. The first-order valence-corrected chi connectivity index (χ1v) is 8.79. The molecule has 0 radical (unpaired) electrons. The Labute approximate surface area is 148 Å². The molecule has 25 heavy (non-hydrogen) atoms. The molecular weight excluding hydrogens is 348 g/mol. The summed E-state index contributed by atoms with van der Waals surface area (Å²) >= 11 is 1.35. The molecule has 0 amide bonds. The molecule has 1 saturated heterocycles. The topological polar surface area (TPSA) is 30.9 Å². The number of ether oxygens (including phenoxy) is 3. The average molecular weight is 365 g/mol. The molecule has 0 spiro atoms. The maximum atomic E-state index is 14.4. The van der Waals surface area contributed by atoms with E-state index in [1.54, 1.807) is 25.1 Å². The van der Waals surface area contributed by atoms with Gasteiger partial charge in [0.15, 0.2) is 11.5 Å². The van der Waals surface area contributed by atoms with Crippen LogP contribution in [0.5, 0.6) is 11.5 Å². The van der Waals surface area contributed by atoms with Crippen molar-refractivity contribution in [2.24, 2.45) is 0 Å². The van der Waals surface area contributed by atoms with Gasteiger partial charge in [-0.25, -0.2) is 13.1 Å². The molecule has 4 nitrogen and oxygen atoms in total. The first kappa shape index (κ1) is 16.6. The molecule has 0 aromatic heterocycles. The number of morpholine rings is 1. The largest absolute Gasteiger partial charge is 0.444 e. The van der Waals surface area contributed by atoms with Crippen LogP contribution in [0.15, 0.2) is 41.3 Å². The molecule has 2 heterocycles. The Morgan fingerprint density at radius 2 is 1.64 bits per heavy atom. The molecule has 2 aliphatic heterocycles. The summed E-state index contributed by atoms with van der Waals surface area (Å²) in [4.78, 5) is 0.479. The third-order valence-electron chi connectivity index (χ3n) is 4.17. The highest BCUT2D eigenvalue weighted by atomic mass is 32.2. The Bertz CT molecular complexity index is 781. The van der Waals surface area contributed by atoms with E-state index in [1.807, 2.05) is 0 Å². The van der Waals surface area contributed by atoms with Crippen LogP contribution in [0, 0.1) is 11.6 Å². The van der Waals surface area contributed by atoms with Crippen molar-refractivity contribution in [1.29, 1.82) is 0 Å². The van der Waals surface area contributed by atoms with E-state index in [2.05, 4.69) is 4.31 Å². The third kappa shape index (κ3) is 3.31. The molecule has 1 fully saturated rings. The lowest BCUT2D eigenvalue weighted by Gasteiger charge is -2.25. The van der Waals surface area contributed by atoms with E-state index in [9.17, 15) is 8.78 Å². The van der Waals surface area contributed by atoms with E-state index in [-0.39, 0.29) is 11.6 Å². The van der Waals surface area contributed by atoms with Gasteiger partial charge in [0.1, 0.15) is 11.6 Å². The third-order valence-corrected chi connectivity index (χ3v) is 5.31. The second kappa shape index (κ2) is 6.48. The van der Waals surface area contributed by atoms with Crippen molar-refractivity contribution in [3.63, 3.8) is 0 Å². The van der Waals surface area contributed by atoms with Crippen molar-refractivity contribution in [3.8, 4) is 11.5 Å². The zero-order valence-corrected chi connectivity index (χ0v) is 14.4. The molecule has 0 saturated carbocycles. The Balaban J connectivity index is 1.57. The molecule has 2 aromatic rings. The van der Waals surface area contributed by atoms with Crippen LogP contribution in [0.3, 0.4) is 0 Å². The number of fused-ring (bicyclic) bond motifs is 1. The van der Waals surface area contributed by atoms with Gasteiger partial charge in [0.25, 0.3) is 5.79 Å². The normalized spacial score (nSPS) is 23.0. The van der Waals surface area contributed by atoms with E-state index < -0.39 is 5.79 Å². The van der Waals surface area contributed by atoms with E-state index in [1.165, 1.54) is 30.1 Å². The van der Waals surface area contributed by atoms with E-state index >= 15 is 0 Å². The van der Waals surface area contributed by atoms with E-state index in [0.29, 0.717) is 35.2 Å². The van der Waals surface area contributed by atoms with Crippen molar-refractivity contribution >= 4 is 11.9 Å². The van der Waals surface area contributed by atoms with Gasteiger partial charge in [0.2, 0.25) is 0 Å². The van der Waals surface area contributed by atoms with Gasteiger partial charge >= 0.3 is 0 Å². The minimum atomic E-state index is -1.11. The molecule has 0 aliphatic carbocycles. The van der Waals surface area contributed by atoms with Gasteiger partial charge in [-0.05, 0) is 36.2 Å². The predicted molar refractivity (Wildman–Crippen MR) is 89.7 cm³/mol. The summed E-state index contributed by atoms with van der Waals surface area (Å²) in [5.74, 6) is -0.981. The lowest BCUT2D eigenvalue weighted by Crippen LogP contribution is -2.31. The second-order valence-electron chi connectivity index (χ2n) is 6.02. The Morgan fingerprint density at radius 3 is 2.32 bits per heavy atom.